The molecule has 0 N–H and O–H groups in total. The minimum atomic E-state index is -0.131. The molecule has 1 spiro atoms. The molecule has 3 aliphatic heterocycles. The first-order chi connectivity index (χ1) is 8.72. The van der Waals surface area contributed by atoms with Crippen LogP contribution in [0.1, 0.15) is 19.3 Å². The number of rotatable bonds is 2. The number of likely N-dealkylation sites (tertiary alicyclic amines) is 1. The van der Waals surface area contributed by atoms with Crippen molar-refractivity contribution >= 4 is 5.91 Å². The summed E-state index contributed by atoms with van der Waals surface area (Å²) in [5, 5.41) is 0. The molecule has 0 aromatic heterocycles. The molecule has 5 nitrogen and oxygen atoms in total. The lowest BCUT2D eigenvalue weighted by molar-refractivity contribution is -0.200. The van der Waals surface area contributed by atoms with Crippen molar-refractivity contribution in [2.45, 2.75) is 31.0 Å². The molecule has 0 bridgehead atoms. The molecule has 0 saturated carbocycles. The Labute approximate surface area is 107 Å². The maximum atomic E-state index is 12.2. The normalized spacial score (nSPS) is 34.6. The van der Waals surface area contributed by atoms with Gasteiger partial charge in [-0.25, -0.2) is 0 Å². The quantitative estimate of drug-likeness (QED) is 0.718. The second-order valence-corrected chi connectivity index (χ2v) is 5.64. The fraction of sp³-hybridized carbons (Fsp3) is 0.923. The van der Waals surface area contributed by atoms with Crippen LogP contribution in [0.25, 0.3) is 0 Å². The predicted octanol–water partition coefficient (Wildman–Crippen LogP) is 0.429. The highest BCUT2D eigenvalue weighted by Gasteiger charge is 2.50. The Morgan fingerprint density at radius 1 is 1.33 bits per heavy atom. The van der Waals surface area contributed by atoms with Crippen molar-refractivity contribution in [3.63, 3.8) is 0 Å². The van der Waals surface area contributed by atoms with Crippen molar-refractivity contribution < 1.29 is 19.0 Å². The molecule has 0 aliphatic carbocycles. The van der Waals surface area contributed by atoms with E-state index in [0.717, 1.165) is 45.6 Å². The van der Waals surface area contributed by atoms with Crippen LogP contribution in [0, 0.1) is 5.92 Å². The SMILES string of the molecule is CO[C@H]1CCOC2(C1)CN(C(=O)[C@H]1CCOC1)C2. The summed E-state index contributed by atoms with van der Waals surface area (Å²) in [5.41, 5.74) is -0.131. The van der Waals surface area contributed by atoms with E-state index in [1.807, 2.05) is 4.90 Å². The van der Waals surface area contributed by atoms with E-state index < -0.39 is 0 Å². The Hall–Kier alpha value is -0.650. The van der Waals surface area contributed by atoms with Crippen LogP contribution in [0.5, 0.6) is 0 Å². The summed E-state index contributed by atoms with van der Waals surface area (Å²) in [5.74, 6) is 0.311. The minimum Gasteiger partial charge on any atom is -0.381 e. The fourth-order valence-corrected chi connectivity index (χ4v) is 3.20. The summed E-state index contributed by atoms with van der Waals surface area (Å²) in [6, 6.07) is 0. The van der Waals surface area contributed by atoms with Gasteiger partial charge in [0.2, 0.25) is 5.91 Å². The van der Waals surface area contributed by atoms with Crippen molar-refractivity contribution in [1.82, 2.24) is 4.90 Å². The van der Waals surface area contributed by atoms with Crippen LogP contribution in [-0.4, -0.2) is 62.5 Å². The van der Waals surface area contributed by atoms with Crippen LogP contribution < -0.4 is 0 Å². The molecule has 3 fully saturated rings. The number of nitrogens with zero attached hydrogens (tertiary/aromatic N) is 1. The highest BCUT2D eigenvalue weighted by Crippen LogP contribution is 2.36. The summed E-state index contributed by atoms with van der Waals surface area (Å²) in [6.45, 7) is 3.50. The fourth-order valence-electron chi connectivity index (χ4n) is 3.20. The van der Waals surface area contributed by atoms with Gasteiger partial charge in [-0.15, -0.1) is 0 Å². The number of carbonyl (C=O) groups excluding carboxylic acids is 1. The van der Waals surface area contributed by atoms with E-state index >= 15 is 0 Å². The molecule has 3 heterocycles. The third kappa shape index (κ3) is 2.15. The number of carbonyl (C=O) groups is 1. The van der Waals surface area contributed by atoms with Gasteiger partial charge in [0, 0.05) is 26.7 Å². The van der Waals surface area contributed by atoms with Gasteiger partial charge in [0.1, 0.15) is 5.60 Å². The number of hydrogen-bond donors (Lipinski definition) is 0. The standard InChI is InChI=1S/C13H21NO4/c1-16-11-3-5-18-13(6-11)8-14(9-13)12(15)10-2-4-17-7-10/h10-11H,2-9H2,1H3/t10-,11-/m0/s1. The van der Waals surface area contributed by atoms with E-state index in [9.17, 15) is 4.79 Å². The zero-order valence-corrected chi connectivity index (χ0v) is 10.9. The van der Waals surface area contributed by atoms with Crippen LogP contribution >= 0.6 is 0 Å². The van der Waals surface area contributed by atoms with Gasteiger partial charge in [0.15, 0.2) is 0 Å². The molecule has 0 aromatic carbocycles. The average Bonchev–Trinajstić information content (AvgIpc) is 2.89. The van der Waals surface area contributed by atoms with E-state index in [-0.39, 0.29) is 23.5 Å². The number of ether oxygens (including phenoxy) is 3. The summed E-state index contributed by atoms with van der Waals surface area (Å²) < 4.78 is 16.6. The molecule has 1 amide bonds. The number of hydrogen-bond acceptors (Lipinski definition) is 4. The van der Waals surface area contributed by atoms with Gasteiger partial charge in [-0.3, -0.25) is 4.79 Å². The molecule has 0 radical (unpaired) electrons. The topological polar surface area (TPSA) is 48.0 Å². The first-order valence-electron chi connectivity index (χ1n) is 6.76. The van der Waals surface area contributed by atoms with Gasteiger partial charge in [-0.1, -0.05) is 0 Å². The average molecular weight is 255 g/mol. The zero-order valence-electron chi connectivity index (χ0n) is 10.9. The molecule has 5 heteroatoms. The van der Waals surface area contributed by atoms with Crippen LogP contribution in [0.4, 0.5) is 0 Å². The maximum Gasteiger partial charge on any atom is 0.228 e. The summed E-state index contributed by atoms with van der Waals surface area (Å²) in [4.78, 5) is 14.1. The van der Waals surface area contributed by atoms with Crippen molar-refractivity contribution in [2.24, 2.45) is 5.92 Å². The third-order valence-electron chi connectivity index (χ3n) is 4.33. The molecule has 0 aromatic rings. The molecular formula is C13H21NO4. The largest absolute Gasteiger partial charge is 0.381 e. The Kier molecular flexibility index (Phi) is 3.30. The Bertz CT molecular complexity index is 321. The summed E-state index contributed by atoms with van der Waals surface area (Å²) in [7, 11) is 1.75. The van der Waals surface area contributed by atoms with Crippen LogP contribution in [-0.2, 0) is 19.0 Å². The second-order valence-electron chi connectivity index (χ2n) is 5.64. The van der Waals surface area contributed by atoms with Gasteiger partial charge in [-0.05, 0) is 12.8 Å². The Morgan fingerprint density at radius 3 is 2.83 bits per heavy atom. The van der Waals surface area contributed by atoms with Crippen LogP contribution in [0.15, 0.2) is 0 Å². The lowest BCUT2D eigenvalue weighted by Gasteiger charge is -2.53. The molecule has 18 heavy (non-hydrogen) atoms. The van der Waals surface area contributed by atoms with Gasteiger partial charge in [0.25, 0.3) is 0 Å². The number of amides is 1. The number of methoxy groups -OCH3 is 1. The van der Waals surface area contributed by atoms with Gasteiger partial charge >= 0.3 is 0 Å². The van der Waals surface area contributed by atoms with Gasteiger partial charge in [-0.2, -0.15) is 0 Å². The predicted molar refractivity (Wildman–Crippen MR) is 64.2 cm³/mol. The molecule has 3 aliphatic rings. The van der Waals surface area contributed by atoms with Crippen LogP contribution in [0.2, 0.25) is 0 Å². The van der Waals surface area contributed by atoms with Crippen molar-refractivity contribution in [3.8, 4) is 0 Å². The molecular weight excluding hydrogens is 234 g/mol. The maximum absolute atomic E-state index is 12.2. The highest BCUT2D eigenvalue weighted by atomic mass is 16.5. The highest BCUT2D eigenvalue weighted by molar-refractivity contribution is 5.80. The first-order valence-corrected chi connectivity index (χ1v) is 6.76. The summed E-state index contributed by atoms with van der Waals surface area (Å²) >= 11 is 0. The second kappa shape index (κ2) is 4.79. The molecule has 0 unspecified atom stereocenters. The van der Waals surface area contributed by atoms with E-state index in [2.05, 4.69) is 0 Å². The minimum absolute atomic E-state index is 0.0733. The van der Waals surface area contributed by atoms with Crippen molar-refractivity contribution in [1.29, 1.82) is 0 Å². The van der Waals surface area contributed by atoms with Gasteiger partial charge < -0.3 is 19.1 Å². The van der Waals surface area contributed by atoms with E-state index in [4.69, 9.17) is 14.2 Å². The first kappa shape index (κ1) is 12.4. The molecule has 102 valence electrons. The lowest BCUT2D eigenvalue weighted by atomic mass is 9.84. The van der Waals surface area contributed by atoms with Crippen molar-refractivity contribution in [3.05, 3.63) is 0 Å². The van der Waals surface area contributed by atoms with E-state index in [0.29, 0.717) is 6.61 Å². The van der Waals surface area contributed by atoms with Crippen LogP contribution in [0.3, 0.4) is 0 Å². The Morgan fingerprint density at radius 2 is 2.17 bits per heavy atom. The third-order valence-corrected chi connectivity index (χ3v) is 4.33. The summed E-state index contributed by atoms with van der Waals surface area (Å²) in [6.07, 6.45) is 3.02. The zero-order chi connectivity index (χ0) is 12.6. The lowest BCUT2D eigenvalue weighted by Crippen LogP contribution is -2.68. The molecule has 3 saturated heterocycles. The van der Waals surface area contributed by atoms with Crippen molar-refractivity contribution in [2.75, 3.05) is 40.0 Å². The van der Waals surface area contributed by atoms with Gasteiger partial charge in [0.05, 0.1) is 31.7 Å². The monoisotopic (exact) mass is 255 g/mol. The molecule has 3 rings (SSSR count). The molecule has 2 atom stereocenters. The Balaban J connectivity index is 1.53. The smallest absolute Gasteiger partial charge is 0.228 e. The van der Waals surface area contributed by atoms with E-state index in [1.54, 1.807) is 7.11 Å². The van der Waals surface area contributed by atoms with E-state index in [1.165, 1.54) is 0 Å².